The summed E-state index contributed by atoms with van der Waals surface area (Å²) in [5, 5.41) is 19.0. The molecule has 3 N–H and O–H groups in total. The molecule has 10 rings (SSSR count). The first-order valence-electron chi connectivity index (χ1n) is 18.0. The Balaban J connectivity index is 0.000000172. The summed E-state index contributed by atoms with van der Waals surface area (Å²) in [7, 11) is 0. The van der Waals surface area contributed by atoms with Crippen LogP contribution >= 0.6 is 22.7 Å². The van der Waals surface area contributed by atoms with Crippen molar-refractivity contribution in [1.82, 2.24) is 4.57 Å². The second-order valence-electron chi connectivity index (χ2n) is 13.6. The van der Waals surface area contributed by atoms with Gasteiger partial charge in [-0.3, -0.25) is 5.41 Å². The van der Waals surface area contributed by atoms with Crippen molar-refractivity contribution in [2.24, 2.45) is 0 Å². The largest absolute Gasteiger partial charge is 0.397 e. The van der Waals surface area contributed by atoms with E-state index in [1.54, 1.807) is 17.4 Å². The third kappa shape index (κ3) is 5.52. The number of nitrogens with zero attached hydrogens (tertiary/aromatic N) is 1. The number of thiophene rings is 2. The number of rotatable bonds is 5. The van der Waals surface area contributed by atoms with Crippen LogP contribution < -0.4 is 5.73 Å². The smallest absolute Gasteiger partial charge is 0.0805 e. The third-order valence-corrected chi connectivity index (χ3v) is 12.6. The highest BCUT2D eigenvalue weighted by Gasteiger charge is 2.18. The van der Waals surface area contributed by atoms with E-state index in [2.05, 4.69) is 127 Å². The molecule has 5 heteroatoms. The molecule has 0 spiro atoms. The quantitative estimate of drug-likeness (QED) is 0.103. The van der Waals surface area contributed by atoms with Gasteiger partial charge in [-0.1, -0.05) is 133 Å². The van der Waals surface area contributed by atoms with E-state index in [1.165, 1.54) is 74.8 Å². The van der Waals surface area contributed by atoms with Gasteiger partial charge >= 0.3 is 0 Å². The Kier molecular flexibility index (Phi) is 8.46. The van der Waals surface area contributed by atoms with Gasteiger partial charge in [-0.25, -0.2) is 0 Å². The maximum atomic E-state index is 8.28. The van der Waals surface area contributed by atoms with Crippen LogP contribution in [-0.4, -0.2) is 10.3 Å². The molecule has 0 unspecified atom stereocenters. The Morgan fingerprint density at radius 1 is 0.611 bits per heavy atom. The van der Waals surface area contributed by atoms with E-state index >= 15 is 0 Å². The molecule has 10 aromatic rings. The predicted molar refractivity (Wildman–Crippen MR) is 238 cm³/mol. The molecule has 260 valence electrons. The third-order valence-electron chi connectivity index (χ3n) is 10.3. The highest BCUT2D eigenvalue weighted by molar-refractivity contribution is 7.26. The van der Waals surface area contributed by atoms with Crippen LogP contribution in [0.3, 0.4) is 0 Å². The zero-order valence-electron chi connectivity index (χ0n) is 30.1. The lowest BCUT2D eigenvalue weighted by atomic mass is 9.96. The monoisotopic (exact) mass is 731 g/mol. The minimum absolute atomic E-state index is 0.476. The minimum Gasteiger partial charge on any atom is -0.397 e. The summed E-state index contributed by atoms with van der Waals surface area (Å²) >= 11 is 3.44. The summed E-state index contributed by atoms with van der Waals surface area (Å²) in [5.74, 6) is 0. The average Bonchev–Trinajstić information content (AvgIpc) is 3.86. The van der Waals surface area contributed by atoms with E-state index in [0.29, 0.717) is 11.4 Å². The number of anilines is 1. The number of benzene rings is 7. The maximum absolute atomic E-state index is 8.28. The van der Waals surface area contributed by atoms with Crippen molar-refractivity contribution in [3.63, 3.8) is 0 Å². The molecule has 0 amide bonds. The number of fused-ring (bicyclic) bond motifs is 11. The molecule has 0 saturated heterocycles. The van der Waals surface area contributed by atoms with Crippen LogP contribution in [0.25, 0.3) is 75.3 Å². The van der Waals surface area contributed by atoms with E-state index in [9.17, 15) is 0 Å². The highest BCUT2D eigenvalue weighted by atomic mass is 32.1. The van der Waals surface area contributed by atoms with Crippen LogP contribution in [0, 0.1) is 19.3 Å². The number of allylic oxidation sites excluding steroid dienone is 2. The maximum Gasteiger partial charge on any atom is 0.0805 e. The van der Waals surface area contributed by atoms with Gasteiger partial charge in [0.2, 0.25) is 0 Å². The lowest BCUT2D eigenvalue weighted by molar-refractivity contribution is 1.18. The second-order valence-corrected chi connectivity index (χ2v) is 15.9. The first kappa shape index (κ1) is 33.6. The van der Waals surface area contributed by atoms with Gasteiger partial charge in [0.1, 0.15) is 0 Å². The summed E-state index contributed by atoms with van der Waals surface area (Å²) in [4.78, 5) is 1.94. The first-order chi connectivity index (χ1) is 26.4. The molecule has 0 aliphatic heterocycles. The molecule has 3 nitrogen and oxygen atoms in total. The zero-order valence-corrected chi connectivity index (χ0v) is 31.7. The van der Waals surface area contributed by atoms with Gasteiger partial charge < -0.3 is 10.3 Å². The molecule has 54 heavy (non-hydrogen) atoms. The van der Waals surface area contributed by atoms with Crippen molar-refractivity contribution in [3.8, 4) is 5.69 Å². The normalized spacial score (nSPS) is 11.7. The van der Waals surface area contributed by atoms with Crippen molar-refractivity contribution < 1.29 is 0 Å². The summed E-state index contributed by atoms with van der Waals surface area (Å²) in [6, 6.07) is 50.0. The van der Waals surface area contributed by atoms with Gasteiger partial charge in [-0.05, 0) is 71.8 Å². The number of aryl methyl sites for hydroxylation is 2. The van der Waals surface area contributed by atoms with Gasteiger partial charge in [0.15, 0.2) is 0 Å². The Morgan fingerprint density at radius 3 is 2.02 bits per heavy atom. The number of nitrogens with two attached hydrogens (primary N) is 1. The summed E-state index contributed by atoms with van der Waals surface area (Å²) in [6.45, 7) is 7.82. The SMILES string of the molecule is C=C/C=C\c1c(C)sc(C(=N)c2ccccc2)c1N.Cc1ccc(-n2c3ccccc3c3c4ccc5c(ccc6sc7ccccc7c65)c4ccc32)cc1. The fourth-order valence-corrected chi connectivity index (χ4v) is 9.91. The van der Waals surface area contributed by atoms with E-state index < -0.39 is 0 Å². The van der Waals surface area contributed by atoms with E-state index in [1.807, 2.05) is 60.7 Å². The molecule has 0 saturated carbocycles. The molecular weight excluding hydrogens is 695 g/mol. The number of hydrogen-bond acceptors (Lipinski definition) is 4. The molecule has 0 aliphatic carbocycles. The Hall–Kier alpha value is -6.27. The van der Waals surface area contributed by atoms with Crippen LogP contribution in [0.2, 0.25) is 0 Å². The van der Waals surface area contributed by atoms with Gasteiger partial charge in [-0.15, -0.1) is 22.7 Å². The van der Waals surface area contributed by atoms with Crippen LogP contribution in [0.15, 0.2) is 158 Å². The molecular formula is C49H37N3S2. The topological polar surface area (TPSA) is 54.8 Å². The molecule has 3 aromatic heterocycles. The first-order valence-corrected chi connectivity index (χ1v) is 19.6. The zero-order chi connectivity index (χ0) is 36.9. The number of nitrogen functional groups attached to an aromatic ring is 1. The van der Waals surface area contributed by atoms with Crippen molar-refractivity contribution in [2.75, 3.05) is 5.73 Å². The second kappa shape index (κ2) is 13.6. The number of hydrogen-bond donors (Lipinski definition) is 2. The van der Waals surface area contributed by atoms with Gasteiger partial charge in [0.25, 0.3) is 0 Å². The van der Waals surface area contributed by atoms with Gasteiger partial charge in [0, 0.05) is 52.6 Å². The number of para-hydroxylation sites is 1. The molecule has 3 heterocycles. The van der Waals surface area contributed by atoms with E-state index in [-0.39, 0.29) is 0 Å². The summed E-state index contributed by atoms with van der Waals surface area (Å²) < 4.78 is 5.12. The lowest BCUT2D eigenvalue weighted by Crippen LogP contribution is -2.02. The lowest BCUT2D eigenvalue weighted by Gasteiger charge is -2.10. The molecule has 0 radical (unpaired) electrons. The minimum atomic E-state index is 0.476. The van der Waals surface area contributed by atoms with Crippen LogP contribution in [0.5, 0.6) is 0 Å². The molecule has 0 bridgehead atoms. The van der Waals surface area contributed by atoms with Crippen molar-refractivity contribution in [1.29, 1.82) is 5.41 Å². The molecule has 0 aliphatic rings. The molecule has 0 atom stereocenters. The summed E-state index contributed by atoms with van der Waals surface area (Å²) in [6.07, 6.45) is 5.52. The standard InChI is InChI=1S/C33H21NS.C16H16N2S/c1-20-10-12-21(13-11-20)34-28-8-4-2-6-26(28)32-24-14-15-25-23(22(24)16-18-29(32)34)17-19-31-33(25)27-7-3-5-9-30(27)35-31;1-3-4-10-13-11(2)19-16(15(13)18)14(17)12-8-6-5-7-9-12/h2-19H,1H3;3-10,17H,1,18H2,2H3/b;10-4-,17-14?. The van der Waals surface area contributed by atoms with E-state index in [4.69, 9.17) is 11.1 Å². The predicted octanol–water partition coefficient (Wildman–Crippen LogP) is 14.0. The Morgan fingerprint density at radius 2 is 1.26 bits per heavy atom. The molecule has 0 fully saturated rings. The van der Waals surface area contributed by atoms with Crippen molar-refractivity contribution >= 4 is 104 Å². The fourth-order valence-electron chi connectivity index (χ4n) is 7.75. The molecule has 7 aromatic carbocycles. The summed E-state index contributed by atoms with van der Waals surface area (Å²) in [5.41, 5.74) is 14.2. The van der Waals surface area contributed by atoms with Crippen LogP contribution in [-0.2, 0) is 0 Å². The van der Waals surface area contributed by atoms with Gasteiger partial charge in [0.05, 0.1) is 27.3 Å². The highest BCUT2D eigenvalue weighted by Crippen LogP contribution is 2.43. The average molecular weight is 732 g/mol. The Labute approximate surface area is 322 Å². The number of aromatic nitrogens is 1. The fraction of sp³-hybridized carbons (Fsp3) is 0.0408. The van der Waals surface area contributed by atoms with Crippen molar-refractivity contribution in [3.05, 3.63) is 185 Å². The number of nitrogens with one attached hydrogen (secondary N) is 1. The van der Waals surface area contributed by atoms with Crippen molar-refractivity contribution in [2.45, 2.75) is 13.8 Å². The Bertz CT molecular complexity index is 3100. The van der Waals surface area contributed by atoms with Crippen LogP contribution in [0.1, 0.15) is 26.4 Å². The van der Waals surface area contributed by atoms with Gasteiger partial charge in [-0.2, -0.15) is 0 Å². The van der Waals surface area contributed by atoms with Crippen LogP contribution in [0.4, 0.5) is 5.69 Å². The van der Waals surface area contributed by atoms with E-state index in [0.717, 1.165) is 20.9 Å².